The summed E-state index contributed by atoms with van der Waals surface area (Å²) in [4.78, 5) is 0. The molecule has 4 fully saturated rings. The van der Waals surface area contributed by atoms with E-state index in [0.29, 0.717) is 12.3 Å². The molecule has 0 aromatic rings. The van der Waals surface area contributed by atoms with Crippen molar-refractivity contribution in [2.24, 2.45) is 11.3 Å². The SMILES string of the molecule is CC12CC3CC(O)(C1)C[C@@](O)(C3)C2. The molecule has 3 unspecified atom stereocenters. The van der Waals surface area contributed by atoms with Crippen LogP contribution in [0.1, 0.15) is 45.4 Å². The van der Waals surface area contributed by atoms with Crippen LogP contribution in [0, 0.1) is 11.3 Å². The van der Waals surface area contributed by atoms with Crippen molar-refractivity contribution in [1.29, 1.82) is 0 Å². The highest BCUT2D eigenvalue weighted by atomic mass is 16.3. The van der Waals surface area contributed by atoms with Crippen LogP contribution in [0.4, 0.5) is 0 Å². The van der Waals surface area contributed by atoms with E-state index in [-0.39, 0.29) is 5.41 Å². The van der Waals surface area contributed by atoms with Gasteiger partial charge < -0.3 is 10.2 Å². The van der Waals surface area contributed by atoms with E-state index >= 15 is 0 Å². The van der Waals surface area contributed by atoms with Crippen LogP contribution in [0.2, 0.25) is 0 Å². The molecule has 0 aromatic heterocycles. The zero-order valence-electron chi connectivity index (χ0n) is 8.21. The van der Waals surface area contributed by atoms with Gasteiger partial charge >= 0.3 is 0 Å². The molecule has 2 N–H and O–H groups in total. The van der Waals surface area contributed by atoms with Crippen molar-refractivity contribution in [1.82, 2.24) is 0 Å². The van der Waals surface area contributed by atoms with Gasteiger partial charge in [-0.2, -0.15) is 0 Å². The van der Waals surface area contributed by atoms with Gasteiger partial charge in [0.25, 0.3) is 0 Å². The predicted molar refractivity (Wildman–Crippen MR) is 49.2 cm³/mol. The summed E-state index contributed by atoms with van der Waals surface area (Å²) in [6, 6.07) is 0. The minimum atomic E-state index is -0.525. The molecule has 0 aliphatic heterocycles. The Hall–Kier alpha value is -0.0800. The van der Waals surface area contributed by atoms with Crippen molar-refractivity contribution in [2.45, 2.75) is 56.7 Å². The molecule has 4 aliphatic rings. The minimum Gasteiger partial charge on any atom is -0.390 e. The second kappa shape index (κ2) is 1.96. The van der Waals surface area contributed by atoms with E-state index in [1.807, 2.05) is 0 Å². The Morgan fingerprint density at radius 1 is 0.923 bits per heavy atom. The van der Waals surface area contributed by atoms with Gasteiger partial charge in [0, 0.05) is 6.42 Å². The van der Waals surface area contributed by atoms with Crippen molar-refractivity contribution >= 4 is 0 Å². The number of rotatable bonds is 0. The molecule has 0 radical (unpaired) electrons. The summed E-state index contributed by atoms with van der Waals surface area (Å²) in [5, 5.41) is 20.5. The molecule has 13 heavy (non-hydrogen) atoms. The fourth-order valence-corrected chi connectivity index (χ4v) is 4.81. The first kappa shape index (κ1) is 8.25. The normalized spacial score (nSPS) is 64.4. The van der Waals surface area contributed by atoms with E-state index in [4.69, 9.17) is 0 Å². The predicted octanol–water partition coefficient (Wildman–Crippen LogP) is 1.45. The number of aliphatic hydroxyl groups is 2. The van der Waals surface area contributed by atoms with E-state index < -0.39 is 11.2 Å². The lowest BCUT2D eigenvalue weighted by Gasteiger charge is -2.62. The molecule has 0 amide bonds. The van der Waals surface area contributed by atoms with Gasteiger partial charge in [0.15, 0.2) is 0 Å². The Labute approximate surface area is 79.0 Å². The molecule has 4 atom stereocenters. The third-order valence-electron chi connectivity index (χ3n) is 4.29. The molecule has 4 rings (SSSR count). The maximum atomic E-state index is 10.3. The lowest BCUT2D eigenvalue weighted by atomic mass is 9.47. The molecule has 2 heteroatoms. The van der Waals surface area contributed by atoms with Gasteiger partial charge in [-0.05, 0) is 43.4 Å². The summed E-state index contributed by atoms with van der Waals surface area (Å²) < 4.78 is 0. The van der Waals surface area contributed by atoms with Crippen LogP contribution in [0.3, 0.4) is 0 Å². The molecule has 4 saturated carbocycles. The summed E-state index contributed by atoms with van der Waals surface area (Å²) in [6.07, 6.45) is 5.55. The molecule has 4 aliphatic carbocycles. The standard InChI is InChI=1S/C11H18O2/c1-9-2-8-3-10(12,5-9)7-11(13,4-8)6-9/h8,12-13H,2-7H2,1H3/t8?,9?,10-,11?/m1/s1. The van der Waals surface area contributed by atoms with E-state index in [0.717, 1.165) is 25.7 Å². The fourth-order valence-electron chi connectivity index (χ4n) is 4.81. The Morgan fingerprint density at radius 3 is 1.85 bits per heavy atom. The quantitative estimate of drug-likeness (QED) is 0.595. The van der Waals surface area contributed by atoms with E-state index in [9.17, 15) is 10.2 Å². The minimum absolute atomic E-state index is 0.225. The molecule has 0 spiro atoms. The van der Waals surface area contributed by atoms with Crippen LogP contribution >= 0.6 is 0 Å². The smallest absolute Gasteiger partial charge is 0.0683 e. The molecule has 0 aromatic carbocycles. The van der Waals surface area contributed by atoms with Crippen LogP contribution in [0.25, 0.3) is 0 Å². The van der Waals surface area contributed by atoms with Gasteiger partial charge in [-0.15, -0.1) is 0 Å². The highest BCUT2D eigenvalue weighted by Crippen LogP contribution is 2.62. The van der Waals surface area contributed by atoms with Crippen LogP contribution < -0.4 is 0 Å². The summed E-state index contributed by atoms with van der Waals surface area (Å²) in [6.45, 7) is 2.23. The van der Waals surface area contributed by atoms with Crippen molar-refractivity contribution in [3.63, 3.8) is 0 Å². The average Bonchev–Trinajstić information content (AvgIpc) is 1.71. The number of hydrogen-bond acceptors (Lipinski definition) is 2. The van der Waals surface area contributed by atoms with E-state index in [1.165, 1.54) is 6.42 Å². The fraction of sp³-hybridized carbons (Fsp3) is 1.00. The van der Waals surface area contributed by atoms with Crippen LogP contribution in [0.15, 0.2) is 0 Å². The van der Waals surface area contributed by atoms with Crippen LogP contribution in [-0.2, 0) is 0 Å². The monoisotopic (exact) mass is 182 g/mol. The highest BCUT2D eigenvalue weighted by Gasteiger charge is 2.60. The van der Waals surface area contributed by atoms with Gasteiger partial charge in [0.2, 0.25) is 0 Å². The topological polar surface area (TPSA) is 40.5 Å². The first-order valence-corrected chi connectivity index (χ1v) is 5.35. The second-order valence-electron chi connectivity index (χ2n) is 6.27. The first-order valence-electron chi connectivity index (χ1n) is 5.35. The molecule has 0 heterocycles. The Balaban J connectivity index is 2.03. The molecule has 74 valence electrons. The Bertz CT molecular complexity index is 210. The Morgan fingerprint density at radius 2 is 1.46 bits per heavy atom. The van der Waals surface area contributed by atoms with E-state index in [1.54, 1.807) is 0 Å². The highest BCUT2D eigenvalue weighted by molar-refractivity contribution is 5.12. The Kier molecular flexibility index (Phi) is 1.24. The maximum absolute atomic E-state index is 10.3. The van der Waals surface area contributed by atoms with Gasteiger partial charge in [-0.1, -0.05) is 6.92 Å². The molecule has 2 nitrogen and oxygen atoms in total. The van der Waals surface area contributed by atoms with Crippen molar-refractivity contribution in [2.75, 3.05) is 0 Å². The summed E-state index contributed by atoms with van der Waals surface area (Å²) in [5.41, 5.74) is -0.825. The van der Waals surface area contributed by atoms with Crippen molar-refractivity contribution in [3.8, 4) is 0 Å². The largest absolute Gasteiger partial charge is 0.390 e. The lowest BCUT2D eigenvalue weighted by Crippen LogP contribution is -2.62. The zero-order valence-corrected chi connectivity index (χ0v) is 8.21. The van der Waals surface area contributed by atoms with Crippen LogP contribution in [-0.4, -0.2) is 21.4 Å². The van der Waals surface area contributed by atoms with Crippen molar-refractivity contribution in [3.05, 3.63) is 0 Å². The third kappa shape index (κ3) is 1.08. The van der Waals surface area contributed by atoms with E-state index in [2.05, 4.69) is 6.92 Å². The summed E-state index contributed by atoms with van der Waals surface area (Å²) in [5.74, 6) is 0.580. The lowest BCUT2D eigenvalue weighted by molar-refractivity contribution is -0.225. The van der Waals surface area contributed by atoms with Gasteiger partial charge in [-0.3, -0.25) is 0 Å². The van der Waals surface area contributed by atoms with Gasteiger partial charge in [0.05, 0.1) is 11.2 Å². The summed E-state index contributed by atoms with van der Waals surface area (Å²) >= 11 is 0. The average molecular weight is 182 g/mol. The second-order valence-corrected chi connectivity index (χ2v) is 6.27. The molecule has 0 saturated heterocycles. The third-order valence-corrected chi connectivity index (χ3v) is 4.29. The molecule has 4 bridgehead atoms. The van der Waals surface area contributed by atoms with Crippen LogP contribution in [0.5, 0.6) is 0 Å². The maximum Gasteiger partial charge on any atom is 0.0683 e. The zero-order chi connectivity index (χ0) is 9.32. The first-order chi connectivity index (χ1) is 5.91. The van der Waals surface area contributed by atoms with Crippen molar-refractivity contribution < 1.29 is 10.2 Å². The number of hydrogen-bond donors (Lipinski definition) is 2. The molecular formula is C11H18O2. The summed E-state index contributed by atoms with van der Waals surface area (Å²) in [7, 11) is 0. The van der Waals surface area contributed by atoms with Gasteiger partial charge in [0.1, 0.15) is 0 Å². The van der Waals surface area contributed by atoms with Gasteiger partial charge in [-0.25, -0.2) is 0 Å². The molecular weight excluding hydrogens is 164 g/mol.